The minimum Gasteiger partial charge on any atom is -0.493 e. The molecular formula is C18H18F3NO3. The number of halogens is 3. The molecule has 0 atom stereocenters. The molecule has 7 heteroatoms. The maximum atomic E-state index is 12.6. The minimum absolute atomic E-state index is 0.236. The number of rotatable bonds is 6. The summed E-state index contributed by atoms with van der Waals surface area (Å²) in [6, 6.07) is 12.3. The Bertz CT molecular complexity index is 714. The van der Waals surface area contributed by atoms with Gasteiger partial charge in [-0.1, -0.05) is 24.3 Å². The number of carbonyl (C=O) groups excluding carboxylic acids is 1. The van der Waals surface area contributed by atoms with E-state index in [0.717, 1.165) is 0 Å². The smallest absolute Gasteiger partial charge is 0.493 e. The van der Waals surface area contributed by atoms with Crippen LogP contribution in [0.25, 0.3) is 0 Å². The van der Waals surface area contributed by atoms with Crippen molar-refractivity contribution in [2.75, 3.05) is 13.7 Å². The highest BCUT2D eigenvalue weighted by atomic mass is 19.4. The first kappa shape index (κ1) is 18.6. The van der Waals surface area contributed by atoms with Gasteiger partial charge < -0.3 is 14.4 Å². The van der Waals surface area contributed by atoms with Gasteiger partial charge in [-0.25, -0.2) is 0 Å². The Labute approximate surface area is 143 Å². The molecule has 0 aliphatic heterocycles. The predicted octanol–water partition coefficient (Wildman–Crippen LogP) is 4.26. The molecule has 2 rings (SSSR count). The molecule has 0 saturated heterocycles. The van der Waals surface area contributed by atoms with E-state index in [1.807, 2.05) is 6.92 Å². The van der Waals surface area contributed by atoms with Crippen LogP contribution in [0.1, 0.15) is 22.8 Å². The van der Waals surface area contributed by atoms with Crippen molar-refractivity contribution in [3.05, 3.63) is 59.7 Å². The zero-order chi connectivity index (χ0) is 18.4. The second kappa shape index (κ2) is 7.92. The number of hydrogen-bond acceptors (Lipinski definition) is 3. The molecule has 0 heterocycles. The molecule has 0 fully saturated rings. The van der Waals surface area contributed by atoms with Crippen LogP contribution in [-0.4, -0.2) is 30.8 Å². The Morgan fingerprint density at radius 2 is 1.72 bits per heavy atom. The molecule has 25 heavy (non-hydrogen) atoms. The number of para-hydroxylation sites is 1. The molecule has 0 bridgehead atoms. The van der Waals surface area contributed by atoms with Gasteiger partial charge in [-0.05, 0) is 36.8 Å². The van der Waals surface area contributed by atoms with E-state index in [2.05, 4.69) is 4.74 Å². The summed E-state index contributed by atoms with van der Waals surface area (Å²) < 4.78 is 45.8. The quantitative estimate of drug-likeness (QED) is 0.779. The van der Waals surface area contributed by atoms with E-state index in [1.54, 1.807) is 31.3 Å². The largest absolute Gasteiger partial charge is 0.573 e. The fourth-order valence-corrected chi connectivity index (χ4v) is 2.27. The highest BCUT2D eigenvalue weighted by Crippen LogP contribution is 2.24. The highest BCUT2D eigenvalue weighted by Gasteiger charge is 2.31. The van der Waals surface area contributed by atoms with Crippen LogP contribution in [0.15, 0.2) is 48.5 Å². The summed E-state index contributed by atoms with van der Waals surface area (Å²) >= 11 is 0. The molecule has 0 aromatic heterocycles. The van der Waals surface area contributed by atoms with Gasteiger partial charge in [-0.15, -0.1) is 13.2 Å². The summed E-state index contributed by atoms with van der Waals surface area (Å²) in [5.74, 6) is -0.0395. The number of alkyl halides is 3. The lowest BCUT2D eigenvalue weighted by molar-refractivity contribution is -0.274. The number of nitrogens with zero attached hydrogens (tertiary/aromatic N) is 1. The molecule has 0 unspecified atom stereocenters. The molecule has 2 aromatic rings. The molecule has 0 radical (unpaired) electrons. The van der Waals surface area contributed by atoms with Gasteiger partial charge in [0.1, 0.15) is 11.5 Å². The van der Waals surface area contributed by atoms with Gasteiger partial charge >= 0.3 is 6.36 Å². The van der Waals surface area contributed by atoms with Crippen LogP contribution in [0.3, 0.4) is 0 Å². The van der Waals surface area contributed by atoms with Crippen LogP contribution in [0.2, 0.25) is 0 Å². The van der Waals surface area contributed by atoms with Gasteiger partial charge in [0.25, 0.3) is 5.91 Å². The Balaban J connectivity index is 2.06. The minimum atomic E-state index is -4.72. The number of amides is 1. The van der Waals surface area contributed by atoms with E-state index in [4.69, 9.17) is 4.74 Å². The third kappa shape index (κ3) is 5.41. The van der Waals surface area contributed by atoms with E-state index in [9.17, 15) is 18.0 Å². The fraction of sp³-hybridized carbons (Fsp3) is 0.278. The Morgan fingerprint density at radius 3 is 2.32 bits per heavy atom. The van der Waals surface area contributed by atoms with Crippen LogP contribution in [0, 0.1) is 0 Å². The van der Waals surface area contributed by atoms with Crippen LogP contribution in [0.4, 0.5) is 13.2 Å². The standard InChI is InChI=1S/C18H18F3NO3/c1-3-24-16-7-5-4-6-15(16)17(23)22(2)12-13-8-10-14(11-9-13)25-18(19,20)21/h4-11H,3,12H2,1-2H3. The summed E-state index contributed by atoms with van der Waals surface area (Å²) in [7, 11) is 1.62. The van der Waals surface area contributed by atoms with Gasteiger partial charge in [0.2, 0.25) is 0 Å². The monoisotopic (exact) mass is 353 g/mol. The summed E-state index contributed by atoms with van der Waals surface area (Å²) in [6.07, 6.45) is -4.72. The van der Waals surface area contributed by atoms with Gasteiger partial charge in [-0.2, -0.15) is 0 Å². The van der Waals surface area contributed by atoms with E-state index in [-0.39, 0.29) is 18.2 Å². The zero-order valence-electron chi connectivity index (χ0n) is 13.8. The van der Waals surface area contributed by atoms with Crippen molar-refractivity contribution in [3.8, 4) is 11.5 Å². The number of carbonyl (C=O) groups is 1. The van der Waals surface area contributed by atoms with Gasteiger partial charge in [0.05, 0.1) is 12.2 Å². The van der Waals surface area contributed by atoms with Crippen molar-refractivity contribution < 1.29 is 27.4 Å². The summed E-state index contributed by atoms with van der Waals surface area (Å²) in [5, 5.41) is 0. The first-order chi connectivity index (χ1) is 11.8. The molecule has 2 aromatic carbocycles. The predicted molar refractivity (Wildman–Crippen MR) is 86.5 cm³/mol. The molecule has 4 nitrogen and oxygen atoms in total. The second-order valence-corrected chi connectivity index (χ2v) is 5.28. The third-order valence-electron chi connectivity index (χ3n) is 3.34. The maximum absolute atomic E-state index is 12.6. The summed E-state index contributed by atoms with van der Waals surface area (Å²) in [5.41, 5.74) is 1.11. The lowest BCUT2D eigenvalue weighted by Crippen LogP contribution is -2.26. The van der Waals surface area contributed by atoms with E-state index in [1.165, 1.54) is 29.2 Å². The van der Waals surface area contributed by atoms with Crippen LogP contribution in [-0.2, 0) is 6.54 Å². The molecule has 134 valence electrons. The van der Waals surface area contributed by atoms with Crippen molar-refractivity contribution in [1.82, 2.24) is 4.90 Å². The van der Waals surface area contributed by atoms with E-state index < -0.39 is 6.36 Å². The fourth-order valence-electron chi connectivity index (χ4n) is 2.27. The van der Waals surface area contributed by atoms with Gasteiger partial charge in [0.15, 0.2) is 0 Å². The van der Waals surface area contributed by atoms with E-state index in [0.29, 0.717) is 23.5 Å². The van der Waals surface area contributed by atoms with Crippen molar-refractivity contribution in [3.63, 3.8) is 0 Å². The molecule has 1 amide bonds. The van der Waals surface area contributed by atoms with Gasteiger partial charge in [-0.3, -0.25) is 4.79 Å². The first-order valence-corrected chi connectivity index (χ1v) is 7.62. The normalized spacial score (nSPS) is 11.1. The lowest BCUT2D eigenvalue weighted by Gasteiger charge is -2.19. The summed E-state index contributed by atoms with van der Waals surface area (Å²) in [4.78, 5) is 14.0. The van der Waals surface area contributed by atoms with E-state index >= 15 is 0 Å². The van der Waals surface area contributed by atoms with Crippen molar-refractivity contribution in [2.45, 2.75) is 19.8 Å². The zero-order valence-corrected chi connectivity index (χ0v) is 13.8. The third-order valence-corrected chi connectivity index (χ3v) is 3.34. The number of ether oxygens (including phenoxy) is 2. The maximum Gasteiger partial charge on any atom is 0.573 e. The number of hydrogen-bond donors (Lipinski definition) is 0. The second-order valence-electron chi connectivity index (χ2n) is 5.28. The van der Waals surface area contributed by atoms with Crippen LogP contribution >= 0.6 is 0 Å². The Kier molecular flexibility index (Phi) is 5.90. The van der Waals surface area contributed by atoms with Crippen molar-refractivity contribution >= 4 is 5.91 Å². The molecular weight excluding hydrogens is 335 g/mol. The molecule has 0 saturated carbocycles. The van der Waals surface area contributed by atoms with Crippen LogP contribution < -0.4 is 9.47 Å². The molecule has 0 aliphatic rings. The highest BCUT2D eigenvalue weighted by molar-refractivity contribution is 5.96. The number of benzene rings is 2. The molecule has 0 N–H and O–H groups in total. The Morgan fingerprint density at radius 1 is 1.08 bits per heavy atom. The average Bonchev–Trinajstić information content (AvgIpc) is 2.55. The SMILES string of the molecule is CCOc1ccccc1C(=O)N(C)Cc1ccc(OC(F)(F)F)cc1. The topological polar surface area (TPSA) is 38.8 Å². The van der Waals surface area contributed by atoms with Crippen LogP contribution in [0.5, 0.6) is 11.5 Å². The van der Waals surface area contributed by atoms with Crippen molar-refractivity contribution in [1.29, 1.82) is 0 Å². The van der Waals surface area contributed by atoms with Crippen molar-refractivity contribution in [2.24, 2.45) is 0 Å². The van der Waals surface area contributed by atoms with Gasteiger partial charge in [0, 0.05) is 13.6 Å². The average molecular weight is 353 g/mol. The summed E-state index contributed by atoms with van der Waals surface area (Å²) in [6.45, 7) is 2.51. The Hall–Kier alpha value is -2.70. The molecule has 0 aliphatic carbocycles. The lowest BCUT2D eigenvalue weighted by atomic mass is 10.1. The first-order valence-electron chi connectivity index (χ1n) is 7.62. The molecule has 0 spiro atoms.